The number of rotatable bonds is 3. The number of nitrogens with zero attached hydrogens (tertiary/aromatic N) is 4. The lowest BCUT2D eigenvalue weighted by atomic mass is 9.99. The Kier molecular flexibility index (Phi) is 4.84. The largest absolute Gasteiger partial charge is 0.375 e. The highest BCUT2D eigenvalue weighted by molar-refractivity contribution is 7.91. The summed E-state index contributed by atoms with van der Waals surface area (Å²) in [5.74, 6) is 0.762. The van der Waals surface area contributed by atoms with Crippen LogP contribution in [0.2, 0.25) is 0 Å². The number of carbonyl (C=O) groups is 1. The number of piperidine rings is 1. The molecule has 3 atom stereocenters. The zero-order valence-electron chi connectivity index (χ0n) is 15.8. The number of methoxy groups -OCH3 is 1. The Labute approximate surface area is 159 Å². The van der Waals surface area contributed by atoms with Crippen LogP contribution in [0, 0.1) is 5.92 Å². The fourth-order valence-electron chi connectivity index (χ4n) is 4.51. The Bertz CT molecular complexity index is 844. The van der Waals surface area contributed by atoms with Crippen LogP contribution in [0.4, 0.5) is 5.95 Å². The van der Waals surface area contributed by atoms with Gasteiger partial charge in [0.05, 0.1) is 16.7 Å². The molecular weight excluding hydrogens is 368 g/mol. The summed E-state index contributed by atoms with van der Waals surface area (Å²) in [6.45, 7) is 4.62. The minimum Gasteiger partial charge on any atom is -0.375 e. The lowest BCUT2D eigenvalue weighted by molar-refractivity contribution is -0.134. The van der Waals surface area contributed by atoms with Crippen LogP contribution in [0.25, 0.3) is 0 Å². The Balaban J connectivity index is 1.66. The molecule has 0 N–H and O–H groups in total. The lowest BCUT2D eigenvalue weighted by Gasteiger charge is -2.32. The maximum atomic E-state index is 12.7. The lowest BCUT2D eigenvalue weighted by Crippen LogP contribution is -2.38. The predicted molar refractivity (Wildman–Crippen MR) is 100 cm³/mol. The molecule has 9 heteroatoms. The molecule has 1 unspecified atom stereocenters. The topological polar surface area (TPSA) is 92.7 Å². The van der Waals surface area contributed by atoms with Crippen molar-refractivity contribution in [1.29, 1.82) is 0 Å². The normalized spacial score (nSPS) is 29.3. The van der Waals surface area contributed by atoms with Crippen molar-refractivity contribution < 1.29 is 17.9 Å². The monoisotopic (exact) mass is 394 g/mol. The van der Waals surface area contributed by atoms with Gasteiger partial charge in [0.25, 0.3) is 0 Å². The number of fused-ring (bicyclic) bond motifs is 3. The van der Waals surface area contributed by atoms with Gasteiger partial charge >= 0.3 is 0 Å². The van der Waals surface area contributed by atoms with E-state index in [0.29, 0.717) is 24.0 Å². The minimum atomic E-state index is -3.33. The van der Waals surface area contributed by atoms with Crippen LogP contribution in [-0.2, 0) is 25.1 Å². The Morgan fingerprint density at radius 2 is 2.15 bits per heavy atom. The van der Waals surface area contributed by atoms with Crippen molar-refractivity contribution in [3.05, 3.63) is 17.5 Å². The number of hydrogen-bond donors (Lipinski definition) is 0. The Morgan fingerprint density at radius 3 is 2.89 bits per heavy atom. The molecule has 1 aromatic rings. The summed E-state index contributed by atoms with van der Waals surface area (Å²) in [7, 11) is -1.87. The molecule has 4 rings (SSSR count). The smallest absolute Gasteiger partial charge is 0.248 e. The number of amides is 1. The first-order valence-corrected chi connectivity index (χ1v) is 11.2. The van der Waals surface area contributed by atoms with Crippen molar-refractivity contribution >= 4 is 21.7 Å². The van der Waals surface area contributed by atoms with E-state index in [1.165, 1.54) is 13.5 Å². The van der Waals surface area contributed by atoms with Crippen LogP contribution in [0.3, 0.4) is 0 Å². The molecule has 27 heavy (non-hydrogen) atoms. The van der Waals surface area contributed by atoms with Crippen molar-refractivity contribution in [3.63, 3.8) is 0 Å². The molecule has 3 aliphatic rings. The quantitative estimate of drug-likeness (QED) is 0.740. The van der Waals surface area contributed by atoms with Crippen LogP contribution < -0.4 is 4.90 Å². The first-order chi connectivity index (χ1) is 12.9. The molecule has 0 bridgehead atoms. The Morgan fingerprint density at radius 1 is 1.33 bits per heavy atom. The molecule has 0 radical (unpaired) electrons. The summed E-state index contributed by atoms with van der Waals surface area (Å²) in [6.07, 6.45) is 3.99. The van der Waals surface area contributed by atoms with Crippen molar-refractivity contribution in [3.8, 4) is 0 Å². The Hall–Kier alpha value is -1.74. The van der Waals surface area contributed by atoms with E-state index in [-0.39, 0.29) is 30.7 Å². The molecule has 3 aliphatic heterocycles. The number of sulfone groups is 1. The fourth-order valence-corrected chi connectivity index (χ4v) is 6.50. The van der Waals surface area contributed by atoms with Gasteiger partial charge in [-0.2, -0.15) is 0 Å². The van der Waals surface area contributed by atoms with Crippen LogP contribution in [0.5, 0.6) is 0 Å². The van der Waals surface area contributed by atoms with E-state index in [9.17, 15) is 13.2 Å². The van der Waals surface area contributed by atoms with Gasteiger partial charge in [0.1, 0.15) is 6.61 Å². The van der Waals surface area contributed by atoms with Gasteiger partial charge in [-0.05, 0) is 18.8 Å². The number of hydrogen-bond acceptors (Lipinski definition) is 7. The molecule has 1 amide bonds. The van der Waals surface area contributed by atoms with Gasteiger partial charge in [-0.25, -0.2) is 18.4 Å². The third-order valence-electron chi connectivity index (χ3n) is 5.88. The highest BCUT2D eigenvalue weighted by atomic mass is 32.2. The van der Waals surface area contributed by atoms with Crippen molar-refractivity contribution in [2.24, 2.45) is 5.92 Å². The van der Waals surface area contributed by atoms with E-state index in [2.05, 4.69) is 16.8 Å². The number of ether oxygens (including phenoxy) is 1. The molecule has 1 aromatic heterocycles. The summed E-state index contributed by atoms with van der Waals surface area (Å²) < 4.78 is 30.4. The molecule has 2 saturated heterocycles. The summed E-state index contributed by atoms with van der Waals surface area (Å²) in [5.41, 5.74) is 1.47. The molecule has 2 fully saturated rings. The van der Waals surface area contributed by atoms with Gasteiger partial charge in [0.15, 0.2) is 9.84 Å². The molecule has 148 valence electrons. The second-order valence-electron chi connectivity index (χ2n) is 7.96. The standard InChI is InChI=1S/C18H26N4O4S/c1-12-4-3-5-21(7-12)18-19-6-13-11-27(24,25)15-9-22(16(23)10-26-2)8-14(15)17(13)20-18/h6,12,14-15H,3-5,7-11H2,1-2H3/t12?,14-,15+/m0/s1. The van der Waals surface area contributed by atoms with Crippen LogP contribution in [-0.4, -0.2) is 74.3 Å². The van der Waals surface area contributed by atoms with E-state index in [1.54, 1.807) is 11.1 Å². The zero-order chi connectivity index (χ0) is 19.2. The molecular formula is C18H26N4O4S. The maximum Gasteiger partial charge on any atom is 0.248 e. The second-order valence-corrected chi connectivity index (χ2v) is 10.2. The van der Waals surface area contributed by atoms with Crippen LogP contribution in [0.15, 0.2) is 6.20 Å². The van der Waals surface area contributed by atoms with E-state index in [0.717, 1.165) is 25.2 Å². The van der Waals surface area contributed by atoms with E-state index >= 15 is 0 Å². The molecule has 0 spiro atoms. The second kappa shape index (κ2) is 7.01. The number of likely N-dealkylation sites (tertiary alicyclic amines) is 1. The van der Waals surface area contributed by atoms with Gasteiger partial charge in [-0.3, -0.25) is 4.79 Å². The van der Waals surface area contributed by atoms with Crippen molar-refractivity contribution in [1.82, 2.24) is 14.9 Å². The van der Waals surface area contributed by atoms with E-state index in [4.69, 9.17) is 9.72 Å². The first-order valence-electron chi connectivity index (χ1n) is 9.48. The van der Waals surface area contributed by atoms with Gasteiger partial charge in [-0.15, -0.1) is 0 Å². The molecule has 0 aliphatic carbocycles. The minimum absolute atomic E-state index is 0.0347. The maximum absolute atomic E-state index is 12.7. The third kappa shape index (κ3) is 3.42. The molecule has 0 saturated carbocycles. The highest BCUT2D eigenvalue weighted by Crippen LogP contribution is 2.39. The third-order valence-corrected chi connectivity index (χ3v) is 7.99. The van der Waals surface area contributed by atoms with E-state index < -0.39 is 15.1 Å². The van der Waals surface area contributed by atoms with Crippen molar-refractivity contribution in [2.75, 3.05) is 44.8 Å². The average molecular weight is 394 g/mol. The SMILES string of the molecule is COCC(=O)N1C[C@@H]2c3nc(N4CCCC(C)C4)ncc3CS(=O)(=O)[C@@H]2C1. The average Bonchev–Trinajstić information content (AvgIpc) is 3.08. The van der Waals surface area contributed by atoms with Crippen molar-refractivity contribution in [2.45, 2.75) is 36.7 Å². The molecule has 8 nitrogen and oxygen atoms in total. The fraction of sp³-hybridized carbons (Fsp3) is 0.722. The summed E-state index contributed by atoms with van der Waals surface area (Å²) >= 11 is 0. The molecule has 0 aromatic carbocycles. The summed E-state index contributed by atoms with van der Waals surface area (Å²) in [5, 5.41) is -0.589. The first kappa shape index (κ1) is 18.6. The molecule has 4 heterocycles. The number of carbonyl (C=O) groups excluding carboxylic acids is 1. The van der Waals surface area contributed by atoms with Crippen LogP contribution >= 0.6 is 0 Å². The number of aromatic nitrogens is 2. The van der Waals surface area contributed by atoms with Gasteiger partial charge < -0.3 is 14.5 Å². The van der Waals surface area contributed by atoms with Gasteiger partial charge in [-0.1, -0.05) is 6.92 Å². The summed E-state index contributed by atoms with van der Waals surface area (Å²) in [4.78, 5) is 25.3. The summed E-state index contributed by atoms with van der Waals surface area (Å²) in [6, 6.07) is 0. The van der Waals surface area contributed by atoms with Gasteiger partial charge in [0, 0.05) is 51.0 Å². The predicted octanol–water partition coefficient (Wildman–Crippen LogP) is 0.582. The van der Waals surface area contributed by atoms with E-state index in [1.807, 2.05) is 0 Å². The zero-order valence-corrected chi connectivity index (χ0v) is 16.6. The highest BCUT2D eigenvalue weighted by Gasteiger charge is 2.48. The number of anilines is 1. The van der Waals surface area contributed by atoms with Crippen LogP contribution in [0.1, 0.15) is 36.9 Å². The van der Waals surface area contributed by atoms with Gasteiger partial charge in [0.2, 0.25) is 11.9 Å².